The number of carbonyl (C=O) groups excluding carboxylic acids is 1. The van der Waals surface area contributed by atoms with Gasteiger partial charge in [0.05, 0.1) is 17.7 Å². The maximum atomic E-state index is 11.8. The third-order valence-electron chi connectivity index (χ3n) is 2.39. The molecular formula is C12H11NO5. The maximum absolute atomic E-state index is 11.8. The van der Waals surface area contributed by atoms with E-state index in [-0.39, 0.29) is 34.8 Å². The number of nitrogen functional groups attached to an aromatic ring is 1. The Morgan fingerprint density at radius 2 is 2.22 bits per heavy atom. The van der Waals surface area contributed by atoms with E-state index in [0.717, 1.165) is 6.07 Å². The van der Waals surface area contributed by atoms with Gasteiger partial charge >= 0.3 is 5.97 Å². The number of anilines is 1. The lowest BCUT2D eigenvalue weighted by Crippen LogP contribution is -2.11. The normalized spacial score (nSPS) is 10.5. The molecule has 0 aliphatic carbocycles. The van der Waals surface area contributed by atoms with Gasteiger partial charge in [-0.3, -0.25) is 4.79 Å². The molecule has 0 bridgehead atoms. The molecule has 3 N–H and O–H groups in total. The van der Waals surface area contributed by atoms with Crippen molar-refractivity contribution in [1.82, 2.24) is 0 Å². The molecule has 94 valence electrons. The van der Waals surface area contributed by atoms with Crippen LogP contribution in [0.5, 0.6) is 5.75 Å². The average molecular weight is 249 g/mol. The Kier molecular flexibility index (Phi) is 2.93. The number of carbonyl (C=O) groups is 1. The molecule has 1 aromatic carbocycles. The van der Waals surface area contributed by atoms with E-state index < -0.39 is 11.4 Å². The zero-order chi connectivity index (χ0) is 13.3. The summed E-state index contributed by atoms with van der Waals surface area (Å²) in [7, 11) is 0. The third kappa shape index (κ3) is 1.88. The lowest BCUT2D eigenvalue weighted by Gasteiger charge is -2.05. The molecule has 0 unspecified atom stereocenters. The smallest absolute Gasteiger partial charge is 0.374 e. The van der Waals surface area contributed by atoms with Crippen LogP contribution in [0.15, 0.2) is 27.4 Å². The van der Waals surface area contributed by atoms with E-state index in [4.69, 9.17) is 14.9 Å². The van der Waals surface area contributed by atoms with Gasteiger partial charge in [0.15, 0.2) is 5.43 Å². The highest BCUT2D eigenvalue weighted by Crippen LogP contribution is 2.27. The number of hydrogen-bond acceptors (Lipinski definition) is 6. The Balaban J connectivity index is 2.68. The van der Waals surface area contributed by atoms with Crippen LogP contribution in [0.25, 0.3) is 11.0 Å². The Morgan fingerprint density at radius 1 is 1.50 bits per heavy atom. The fraction of sp³-hybridized carbons (Fsp3) is 0.167. The first-order chi connectivity index (χ1) is 8.54. The van der Waals surface area contributed by atoms with Crippen LogP contribution in [-0.4, -0.2) is 17.7 Å². The van der Waals surface area contributed by atoms with Gasteiger partial charge in [0.25, 0.3) is 0 Å². The Bertz CT molecular complexity index is 674. The Hall–Kier alpha value is -2.50. The number of nitrogens with two attached hydrogens (primary N) is 1. The summed E-state index contributed by atoms with van der Waals surface area (Å²) in [5.74, 6) is -1.12. The first kappa shape index (κ1) is 12.0. The predicted octanol–water partition coefficient (Wildman–Crippen LogP) is 1.26. The van der Waals surface area contributed by atoms with Crippen molar-refractivity contribution in [1.29, 1.82) is 0 Å². The minimum Gasteiger partial charge on any atom is -0.506 e. The molecule has 0 spiro atoms. The predicted molar refractivity (Wildman–Crippen MR) is 64.5 cm³/mol. The van der Waals surface area contributed by atoms with Crippen LogP contribution in [0.4, 0.5) is 5.69 Å². The molecule has 6 nitrogen and oxygen atoms in total. The summed E-state index contributed by atoms with van der Waals surface area (Å²) in [5.41, 5.74) is 5.12. The van der Waals surface area contributed by atoms with E-state index in [0.29, 0.717) is 0 Å². The molecule has 2 rings (SSSR count). The second kappa shape index (κ2) is 4.40. The second-order valence-corrected chi connectivity index (χ2v) is 3.57. The number of phenols is 1. The van der Waals surface area contributed by atoms with Crippen LogP contribution in [0.2, 0.25) is 0 Å². The van der Waals surface area contributed by atoms with Gasteiger partial charge in [0.1, 0.15) is 11.3 Å². The number of benzene rings is 1. The molecule has 0 amide bonds. The van der Waals surface area contributed by atoms with E-state index in [9.17, 15) is 14.7 Å². The topological polar surface area (TPSA) is 103 Å². The van der Waals surface area contributed by atoms with Gasteiger partial charge in [-0.25, -0.2) is 4.79 Å². The first-order valence-electron chi connectivity index (χ1n) is 5.27. The summed E-state index contributed by atoms with van der Waals surface area (Å²) in [6.45, 7) is 1.82. The van der Waals surface area contributed by atoms with Crippen molar-refractivity contribution in [2.45, 2.75) is 6.92 Å². The van der Waals surface area contributed by atoms with Crippen LogP contribution in [0, 0.1) is 0 Å². The van der Waals surface area contributed by atoms with Gasteiger partial charge in [-0.2, -0.15) is 0 Å². The van der Waals surface area contributed by atoms with Crippen molar-refractivity contribution in [3.05, 3.63) is 34.2 Å². The molecule has 0 aliphatic heterocycles. The fourth-order valence-electron chi connectivity index (χ4n) is 1.57. The summed E-state index contributed by atoms with van der Waals surface area (Å²) in [4.78, 5) is 23.3. The lowest BCUT2D eigenvalue weighted by atomic mass is 10.1. The molecule has 18 heavy (non-hydrogen) atoms. The van der Waals surface area contributed by atoms with Crippen LogP contribution >= 0.6 is 0 Å². The molecule has 1 aromatic heterocycles. The molecule has 0 radical (unpaired) electrons. The van der Waals surface area contributed by atoms with Gasteiger partial charge in [-0.05, 0) is 19.1 Å². The maximum Gasteiger partial charge on any atom is 0.374 e. The summed E-state index contributed by atoms with van der Waals surface area (Å²) in [6.07, 6.45) is 0. The molecule has 2 aromatic rings. The SMILES string of the molecule is CCOC(=O)c1cc(=O)c2c(N)c(O)ccc2o1. The third-order valence-corrected chi connectivity index (χ3v) is 2.39. The number of hydrogen-bond donors (Lipinski definition) is 2. The van der Waals surface area contributed by atoms with E-state index in [1.54, 1.807) is 6.92 Å². The summed E-state index contributed by atoms with van der Waals surface area (Å²) >= 11 is 0. The standard InChI is InChI=1S/C12H11NO5/c1-2-17-12(16)9-5-7(15)10-8(18-9)4-3-6(14)11(10)13/h3-5,14H,2,13H2,1H3. The van der Waals surface area contributed by atoms with Crippen molar-refractivity contribution in [3.8, 4) is 5.75 Å². The van der Waals surface area contributed by atoms with Crippen LogP contribution in [-0.2, 0) is 4.74 Å². The zero-order valence-corrected chi connectivity index (χ0v) is 9.60. The number of aromatic hydroxyl groups is 1. The molecule has 1 heterocycles. The molecule has 0 saturated carbocycles. The first-order valence-corrected chi connectivity index (χ1v) is 5.27. The molecule has 6 heteroatoms. The number of ether oxygens (including phenoxy) is 1. The van der Waals surface area contributed by atoms with Gasteiger partial charge in [-0.1, -0.05) is 0 Å². The van der Waals surface area contributed by atoms with Crippen LogP contribution < -0.4 is 11.2 Å². The number of fused-ring (bicyclic) bond motifs is 1. The van der Waals surface area contributed by atoms with Crippen molar-refractivity contribution in [2.24, 2.45) is 0 Å². The number of phenolic OH excluding ortho intramolecular Hbond substituents is 1. The van der Waals surface area contributed by atoms with E-state index >= 15 is 0 Å². The highest BCUT2D eigenvalue weighted by atomic mass is 16.5. The Morgan fingerprint density at radius 3 is 2.89 bits per heavy atom. The molecule has 0 aliphatic rings. The molecule has 0 atom stereocenters. The van der Waals surface area contributed by atoms with Crippen LogP contribution in [0.1, 0.15) is 17.5 Å². The average Bonchev–Trinajstić information content (AvgIpc) is 2.33. The van der Waals surface area contributed by atoms with Gasteiger partial charge < -0.3 is 20.0 Å². The largest absolute Gasteiger partial charge is 0.506 e. The molecular weight excluding hydrogens is 238 g/mol. The van der Waals surface area contributed by atoms with E-state index in [1.807, 2.05) is 0 Å². The highest BCUT2D eigenvalue weighted by Gasteiger charge is 2.15. The monoisotopic (exact) mass is 249 g/mol. The summed E-state index contributed by atoms with van der Waals surface area (Å²) in [5, 5.41) is 9.45. The molecule has 0 saturated heterocycles. The van der Waals surface area contributed by atoms with Gasteiger partial charge in [-0.15, -0.1) is 0 Å². The van der Waals surface area contributed by atoms with E-state index in [1.165, 1.54) is 12.1 Å². The van der Waals surface area contributed by atoms with Gasteiger partial charge in [0, 0.05) is 6.07 Å². The Labute approximate surface area is 102 Å². The van der Waals surface area contributed by atoms with Crippen molar-refractivity contribution in [3.63, 3.8) is 0 Å². The minimum atomic E-state index is -0.719. The zero-order valence-electron chi connectivity index (χ0n) is 9.60. The second-order valence-electron chi connectivity index (χ2n) is 3.57. The van der Waals surface area contributed by atoms with Crippen LogP contribution in [0.3, 0.4) is 0 Å². The minimum absolute atomic E-state index is 0.0445. The lowest BCUT2D eigenvalue weighted by molar-refractivity contribution is 0.0490. The summed E-state index contributed by atoms with van der Waals surface area (Å²) < 4.78 is 9.96. The van der Waals surface area contributed by atoms with Crippen molar-refractivity contribution >= 4 is 22.6 Å². The van der Waals surface area contributed by atoms with Gasteiger partial charge in [0.2, 0.25) is 5.76 Å². The van der Waals surface area contributed by atoms with Crippen molar-refractivity contribution < 1.29 is 19.1 Å². The number of esters is 1. The highest BCUT2D eigenvalue weighted by molar-refractivity contribution is 5.94. The fourth-order valence-corrected chi connectivity index (χ4v) is 1.57. The quantitative estimate of drug-likeness (QED) is 0.471. The summed E-state index contributed by atoms with van der Waals surface area (Å²) in [6, 6.07) is 3.65. The van der Waals surface area contributed by atoms with Crippen molar-refractivity contribution in [2.75, 3.05) is 12.3 Å². The number of rotatable bonds is 2. The van der Waals surface area contributed by atoms with E-state index in [2.05, 4.69) is 0 Å². The molecule has 0 fully saturated rings.